The third kappa shape index (κ3) is 3.27. The molecule has 1 fully saturated rings. The SMILES string of the molecule is CNC1CCC(=O)N(Cc2ccccn2)CC1. The zero-order valence-corrected chi connectivity index (χ0v) is 10.2. The van der Waals surface area contributed by atoms with Crippen LogP contribution in [0.25, 0.3) is 0 Å². The molecule has 2 heterocycles. The van der Waals surface area contributed by atoms with Crippen LogP contribution in [0.4, 0.5) is 0 Å². The molecule has 1 aliphatic rings. The van der Waals surface area contributed by atoms with Crippen molar-refractivity contribution in [1.29, 1.82) is 0 Å². The number of amides is 1. The maximum absolute atomic E-state index is 12.0. The van der Waals surface area contributed by atoms with E-state index in [0.29, 0.717) is 19.0 Å². The minimum absolute atomic E-state index is 0.244. The Labute approximate surface area is 102 Å². The first kappa shape index (κ1) is 12.0. The van der Waals surface area contributed by atoms with E-state index < -0.39 is 0 Å². The Morgan fingerprint density at radius 2 is 2.35 bits per heavy atom. The number of likely N-dealkylation sites (tertiary alicyclic amines) is 1. The predicted molar refractivity (Wildman–Crippen MR) is 66.4 cm³/mol. The molecular formula is C13H19N3O. The molecule has 0 aliphatic carbocycles. The molecule has 0 bridgehead atoms. The number of carbonyl (C=O) groups excluding carboxylic acids is 1. The fourth-order valence-electron chi connectivity index (χ4n) is 2.18. The molecule has 1 aromatic heterocycles. The highest BCUT2D eigenvalue weighted by atomic mass is 16.2. The highest BCUT2D eigenvalue weighted by Gasteiger charge is 2.21. The van der Waals surface area contributed by atoms with Crippen LogP contribution in [0.5, 0.6) is 0 Å². The Balaban J connectivity index is 1.98. The van der Waals surface area contributed by atoms with Gasteiger partial charge in [0, 0.05) is 25.2 Å². The van der Waals surface area contributed by atoms with Crippen molar-refractivity contribution in [3.63, 3.8) is 0 Å². The first-order chi connectivity index (χ1) is 8.29. The number of carbonyl (C=O) groups is 1. The average molecular weight is 233 g/mol. The molecule has 4 heteroatoms. The van der Waals surface area contributed by atoms with Crippen LogP contribution in [0.15, 0.2) is 24.4 Å². The summed E-state index contributed by atoms with van der Waals surface area (Å²) in [7, 11) is 1.96. The maximum Gasteiger partial charge on any atom is 0.222 e. The standard InChI is InChI=1S/C13H19N3O/c1-14-11-5-6-13(17)16(9-7-11)10-12-4-2-3-8-15-12/h2-4,8,11,14H,5-7,9-10H2,1H3. The smallest absolute Gasteiger partial charge is 0.222 e. The number of hydrogen-bond acceptors (Lipinski definition) is 3. The Hall–Kier alpha value is -1.42. The first-order valence-corrected chi connectivity index (χ1v) is 6.14. The van der Waals surface area contributed by atoms with E-state index in [2.05, 4.69) is 10.3 Å². The zero-order valence-electron chi connectivity index (χ0n) is 10.2. The quantitative estimate of drug-likeness (QED) is 0.852. The number of aromatic nitrogens is 1. The molecule has 0 saturated carbocycles. The Morgan fingerprint density at radius 1 is 1.47 bits per heavy atom. The molecule has 0 aromatic carbocycles. The molecule has 1 N–H and O–H groups in total. The summed E-state index contributed by atoms with van der Waals surface area (Å²) in [6, 6.07) is 6.28. The molecule has 1 amide bonds. The fourth-order valence-corrected chi connectivity index (χ4v) is 2.18. The van der Waals surface area contributed by atoms with Crippen LogP contribution in [0.2, 0.25) is 0 Å². The predicted octanol–water partition coefficient (Wildman–Crippen LogP) is 1.18. The van der Waals surface area contributed by atoms with Gasteiger partial charge >= 0.3 is 0 Å². The summed E-state index contributed by atoms with van der Waals surface area (Å²) < 4.78 is 0. The first-order valence-electron chi connectivity index (χ1n) is 6.14. The summed E-state index contributed by atoms with van der Waals surface area (Å²) in [5, 5.41) is 3.25. The minimum atomic E-state index is 0.244. The van der Waals surface area contributed by atoms with Gasteiger partial charge in [0.2, 0.25) is 5.91 Å². The van der Waals surface area contributed by atoms with Crippen LogP contribution in [-0.2, 0) is 11.3 Å². The summed E-state index contributed by atoms with van der Waals surface area (Å²) in [4.78, 5) is 18.1. The van der Waals surface area contributed by atoms with Crippen molar-refractivity contribution in [3.05, 3.63) is 30.1 Å². The van der Waals surface area contributed by atoms with E-state index in [1.807, 2.05) is 30.1 Å². The van der Waals surface area contributed by atoms with Gasteiger partial charge in [0.05, 0.1) is 12.2 Å². The Kier molecular flexibility index (Phi) is 4.09. The molecule has 0 spiro atoms. The van der Waals surface area contributed by atoms with Crippen molar-refractivity contribution in [3.8, 4) is 0 Å². The van der Waals surface area contributed by atoms with E-state index in [0.717, 1.165) is 25.1 Å². The van der Waals surface area contributed by atoms with Crippen molar-refractivity contribution >= 4 is 5.91 Å². The highest BCUT2D eigenvalue weighted by molar-refractivity contribution is 5.76. The summed E-state index contributed by atoms with van der Waals surface area (Å²) in [6.07, 6.45) is 4.37. The van der Waals surface area contributed by atoms with Crippen LogP contribution in [0.3, 0.4) is 0 Å². The fraction of sp³-hybridized carbons (Fsp3) is 0.538. The highest BCUT2D eigenvalue weighted by Crippen LogP contribution is 2.14. The second-order valence-electron chi connectivity index (χ2n) is 4.45. The van der Waals surface area contributed by atoms with E-state index in [-0.39, 0.29) is 5.91 Å². The van der Waals surface area contributed by atoms with Crippen molar-refractivity contribution in [1.82, 2.24) is 15.2 Å². The van der Waals surface area contributed by atoms with E-state index in [1.165, 1.54) is 0 Å². The average Bonchev–Trinajstić information content (AvgIpc) is 2.54. The van der Waals surface area contributed by atoms with Gasteiger partial charge in [0.1, 0.15) is 0 Å². The third-order valence-electron chi connectivity index (χ3n) is 3.29. The van der Waals surface area contributed by atoms with Gasteiger partial charge in [-0.15, -0.1) is 0 Å². The summed E-state index contributed by atoms with van der Waals surface area (Å²) in [5.41, 5.74) is 0.962. The molecule has 92 valence electrons. The lowest BCUT2D eigenvalue weighted by molar-refractivity contribution is -0.131. The van der Waals surface area contributed by atoms with Crippen LogP contribution < -0.4 is 5.32 Å². The molecule has 4 nitrogen and oxygen atoms in total. The van der Waals surface area contributed by atoms with Gasteiger partial charge in [0.25, 0.3) is 0 Å². The van der Waals surface area contributed by atoms with Gasteiger partial charge in [-0.1, -0.05) is 6.07 Å². The van der Waals surface area contributed by atoms with Gasteiger partial charge in [-0.05, 0) is 32.0 Å². The molecule has 1 saturated heterocycles. The van der Waals surface area contributed by atoms with Crippen molar-refractivity contribution in [2.75, 3.05) is 13.6 Å². The molecule has 1 aliphatic heterocycles. The van der Waals surface area contributed by atoms with E-state index in [1.54, 1.807) is 6.20 Å². The molecule has 0 radical (unpaired) electrons. The van der Waals surface area contributed by atoms with Gasteiger partial charge in [-0.2, -0.15) is 0 Å². The van der Waals surface area contributed by atoms with Crippen LogP contribution in [0, 0.1) is 0 Å². The van der Waals surface area contributed by atoms with Gasteiger partial charge in [-0.25, -0.2) is 0 Å². The lowest BCUT2D eigenvalue weighted by atomic mass is 10.1. The Morgan fingerprint density at radius 3 is 3.06 bits per heavy atom. The molecule has 1 atom stereocenters. The van der Waals surface area contributed by atoms with E-state index >= 15 is 0 Å². The van der Waals surface area contributed by atoms with Gasteiger partial charge < -0.3 is 10.2 Å². The number of nitrogens with one attached hydrogen (secondary N) is 1. The molecule has 17 heavy (non-hydrogen) atoms. The molecule has 1 aromatic rings. The zero-order chi connectivity index (χ0) is 12.1. The summed E-state index contributed by atoms with van der Waals surface area (Å²) in [6.45, 7) is 1.46. The van der Waals surface area contributed by atoms with Crippen LogP contribution in [-0.4, -0.2) is 35.4 Å². The molecular weight excluding hydrogens is 214 g/mol. The monoisotopic (exact) mass is 233 g/mol. The lowest BCUT2D eigenvalue weighted by Crippen LogP contribution is -2.31. The summed E-state index contributed by atoms with van der Waals surface area (Å²) in [5.74, 6) is 0.244. The largest absolute Gasteiger partial charge is 0.337 e. The molecule has 1 unspecified atom stereocenters. The number of nitrogens with zero attached hydrogens (tertiary/aromatic N) is 2. The van der Waals surface area contributed by atoms with Gasteiger partial charge in [-0.3, -0.25) is 9.78 Å². The van der Waals surface area contributed by atoms with Crippen molar-refractivity contribution in [2.45, 2.75) is 31.8 Å². The van der Waals surface area contributed by atoms with E-state index in [4.69, 9.17) is 0 Å². The van der Waals surface area contributed by atoms with Crippen molar-refractivity contribution in [2.24, 2.45) is 0 Å². The topological polar surface area (TPSA) is 45.2 Å². The van der Waals surface area contributed by atoms with Crippen molar-refractivity contribution < 1.29 is 4.79 Å². The normalized spacial score (nSPS) is 21.4. The van der Waals surface area contributed by atoms with Gasteiger partial charge in [0.15, 0.2) is 0 Å². The van der Waals surface area contributed by atoms with E-state index in [9.17, 15) is 4.79 Å². The number of hydrogen-bond donors (Lipinski definition) is 1. The lowest BCUT2D eigenvalue weighted by Gasteiger charge is -2.20. The number of rotatable bonds is 3. The number of pyridine rings is 1. The Bertz CT molecular complexity index is 366. The second kappa shape index (κ2) is 5.77. The summed E-state index contributed by atoms with van der Waals surface area (Å²) >= 11 is 0. The van der Waals surface area contributed by atoms with Crippen LogP contribution >= 0.6 is 0 Å². The maximum atomic E-state index is 12.0. The second-order valence-corrected chi connectivity index (χ2v) is 4.45. The molecule has 2 rings (SSSR count). The third-order valence-corrected chi connectivity index (χ3v) is 3.29. The van der Waals surface area contributed by atoms with Crippen LogP contribution in [0.1, 0.15) is 25.0 Å². The minimum Gasteiger partial charge on any atom is -0.337 e.